The maximum atomic E-state index is 12.8. The van der Waals surface area contributed by atoms with Crippen molar-refractivity contribution in [3.63, 3.8) is 0 Å². The van der Waals surface area contributed by atoms with Crippen LogP contribution in [0.5, 0.6) is 0 Å². The first-order valence-corrected chi connectivity index (χ1v) is 8.79. The number of imidazole rings is 1. The zero-order chi connectivity index (χ0) is 18.6. The highest BCUT2D eigenvalue weighted by molar-refractivity contribution is 5.78. The van der Waals surface area contributed by atoms with Gasteiger partial charge in [-0.3, -0.25) is 4.79 Å². The minimum absolute atomic E-state index is 0.268. The number of carbonyl (C=O) groups is 1. The molecule has 1 aromatic heterocycles. The lowest BCUT2D eigenvalue weighted by Crippen LogP contribution is -2.29. The van der Waals surface area contributed by atoms with E-state index in [4.69, 9.17) is 4.74 Å². The van der Waals surface area contributed by atoms with E-state index in [1.807, 2.05) is 81.4 Å². The van der Waals surface area contributed by atoms with E-state index in [0.29, 0.717) is 12.2 Å². The number of nitrogens with one attached hydrogen (secondary N) is 1. The maximum Gasteiger partial charge on any atom is 0.317 e. The fraction of sp³-hybridized carbons (Fsp3) is 0.273. The van der Waals surface area contributed by atoms with Gasteiger partial charge in [0.15, 0.2) is 0 Å². The number of aromatic amines is 1. The van der Waals surface area contributed by atoms with Crippen LogP contribution < -0.4 is 0 Å². The van der Waals surface area contributed by atoms with Crippen LogP contribution >= 0.6 is 0 Å². The van der Waals surface area contributed by atoms with Gasteiger partial charge in [0.05, 0.1) is 11.9 Å². The predicted molar refractivity (Wildman–Crippen MR) is 103 cm³/mol. The van der Waals surface area contributed by atoms with E-state index >= 15 is 0 Å². The van der Waals surface area contributed by atoms with Crippen LogP contribution in [0.3, 0.4) is 0 Å². The van der Waals surface area contributed by atoms with Gasteiger partial charge in [0.25, 0.3) is 0 Å². The molecule has 0 fully saturated rings. The van der Waals surface area contributed by atoms with Gasteiger partial charge in [0, 0.05) is 0 Å². The average Bonchev–Trinajstić information content (AvgIpc) is 3.09. The van der Waals surface area contributed by atoms with Crippen LogP contribution in [0.25, 0.3) is 11.3 Å². The molecule has 0 saturated heterocycles. The zero-order valence-electron chi connectivity index (χ0n) is 15.4. The van der Waals surface area contributed by atoms with Crippen molar-refractivity contribution in [2.75, 3.05) is 0 Å². The summed E-state index contributed by atoms with van der Waals surface area (Å²) in [6.07, 6.45) is 2.31. The van der Waals surface area contributed by atoms with Gasteiger partial charge in [-0.2, -0.15) is 0 Å². The molecule has 0 aliphatic carbocycles. The second-order valence-electron chi connectivity index (χ2n) is 7.32. The lowest BCUT2D eigenvalue weighted by molar-refractivity contribution is -0.156. The lowest BCUT2D eigenvalue weighted by Gasteiger charge is -2.23. The van der Waals surface area contributed by atoms with Crippen molar-refractivity contribution in [1.29, 1.82) is 0 Å². The van der Waals surface area contributed by atoms with Gasteiger partial charge >= 0.3 is 5.97 Å². The quantitative estimate of drug-likeness (QED) is 0.677. The van der Waals surface area contributed by atoms with Crippen molar-refractivity contribution >= 4 is 5.97 Å². The normalized spacial score (nSPS) is 12.6. The van der Waals surface area contributed by atoms with Gasteiger partial charge in [-0.15, -0.1) is 0 Å². The Morgan fingerprint density at radius 2 is 1.65 bits per heavy atom. The Hall–Kier alpha value is -2.88. The van der Waals surface area contributed by atoms with E-state index < -0.39 is 11.5 Å². The van der Waals surface area contributed by atoms with E-state index in [1.54, 1.807) is 6.20 Å². The predicted octanol–water partition coefficient (Wildman–Crippen LogP) is 4.74. The zero-order valence-corrected chi connectivity index (χ0v) is 15.4. The molecule has 3 rings (SSSR count). The van der Waals surface area contributed by atoms with Gasteiger partial charge in [-0.05, 0) is 38.3 Å². The number of aromatic nitrogens is 2. The molecule has 0 unspecified atom stereocenters. The number of rotatable bonds is 5. The van der Waals surface area contributed by atoms with Crippen LogP contribution in [0.1, 0.15) is 38.1 Å². The third kappa shape index (κ3) is 4.60. The van der Waals surface area contributed by atoms with Gasteiger partial charge < -0.3 is 9.72 Å². The van der Waals surface area contributed by atoms with Crippen LogP contribution in [-0.2, 0) is 16.0 Å². The summed E-state index contributed by atoms with van der Waals surface area (Å²) in [6.45, 7) is 5.63. The molecule has 4 heteroatoms. The van der Waals surface area contributed by atoms with Crippen LogP contribution in [-0.4, -0.2) is 21.5 Å². The number of hydrogen-bond donors (Lipinski definition) is 1. The molecule has 134 valence electrons. The van der Waals surface area contributed by atoms with Gasteiger partial charge in [0.1, 0.15) is 17.3 Å². The van der Waals surface area contributed by atoms with Crippen molar-refractivity contribution in [3.8, 4) is 11.3 Å². The highest BCUT2D eigenvalue weighted by atomic mass is 16.6. The van der Waals surface area contributed by atoms with Crippen molar-refractivity contribution < 1.29 is 9.53 Å². The summed E-state index contributed by atoms with van der Waals surface area (Å²) < 4.78 is 5.64. The number of H-pyrrole nitrogens is 1. The minimum Gasteiger partial charge on any atom is -0.459 e. The second-order valence-corrected chi connectivity index (χ2v) is 7.32. The molecule has 0 aliphatic rings. The highest BCUT2D eigenvalue weighted by Crippen LogP contribution is 2.25. The summed E-state index contributed by atoms with van der Waals surface area (Å²) in [6, 6.07) is 19.9. The van der Waals surface area contributed by atoms with E-state index in [1.165, 1.54) is 0 Å². The maximum absolute atomic E-state index is 12.8. The van der Waals surface area contributed by atoms with Crippen LogP contribution in [0, 0.1) is 0 Å². The third-order valence-electron chi connectivity index (χ3n) is 3.98. The smallest absolute Gasteiger partial charge is 0.317 e. The van der Waals surface area contributed by atoms with Crippen LogP contribution in [0.4, 0.5) is 0 Å². The molecule has 0 amide bonds. The van der Waals surface area contributed by atoms with E-state index in [-0.39, 0.29) is 5.97 Å². The number of benzene rings is 2. The molecule has 26 heavy (non-hydrogen) atoms. The number of ether oxygens (including phenoxy) is 1. The van der Waals surface area contributed by atoms with Crippen molar-refractivity contribution in [2.45, 2.75) is 38.7 Å². The lowest BCUT2D eigenvalue weighted by atomic mass is 9.98. The molecule has 1 N–H and O–H groups in total. The van der Waals surface area contributed by atoms with Crippen LogP contribution in [0.15, 0.2) is 66.9 Å². The number of hydrogen-bond acceptors (Lipinski definition) is 3. The van der Waals surface area contributed by atoms with Crippen molar-refractivity contribution in [1.82, 2.24) is 9.97 Å². The largest absolute Gasteiger partial charge is 0.459 e. The molecule has 1 heterocycles. The first-order valence-electron chi connectivity index (χ1n) is 8.79. The molecule has 0 aliphatic heterocycles. The third-order valence-corrected chi connectivity index (χ3v) is 3.98. The topological polar surface area (TPSA) is 55.0 Å². The van der Waals surface area contributed by atoms with Gasteiger partial charge in [0.2, 0.25) is 0 Å². The van der Waals surface area contributed by atoms with E-state index in [9.17, 15) is 4.79 Å². The highest BCUT2D eigenvalue weighted by Gasteiger charge is 2.29. The molecule has 2 aromatic carbocycles. The van der Waals surface area contributed by atoms with Crippen LogP contribution in [0.2, 0.25) is 0 Å². The number of esters is 1. The average molecular weight is 348 g/mol. The molecule has 0 saturated carbocycles. The molecule has 0 spiro atoms. The fourth-order valence-electron chi connectivity index (χ4n) is 2.79. The number of nitrogens with zero attached hydrogens (tertiary/aromatic N) is 1. The molecular weight excluding hydrogens is 324 g/mol. The van der Waals surface area contributed by atoms with Gasteiger partial charge in [-0.1, -0.05) is 60.7 Å². The second kappa shape index (κ2) is 7.56. The fourth-order valence-corrected chi connectivity index (χ4v) is 2.79. The molecule has 0 radical (unpaired) electrons. The molecule has 0 bridgehead atoms. The van der Waals surface area contributed by atoms with E-state index in [0.717, 1.165) is 16.8 Å². The molecular formula is C22H24N2O2. The summed E-state index contributed by atoms with van der Waals surface area (Å²) in [7, 11) is 0. The molecule has 4 nitrogen and oxygen atoms in total. The summed E-state index contributed by atoms with van der Waals surface area (Å²) in [5.74, 6) is -0.119. The van der Waals surface area contributed by atoms with Crippen molar-refractivity contribution in [2.24, 2.45) is 0 Å². The van der Waals surface area contributed by atoms with Crippen molar-refractivity contribution in [3.05, 3.63) is 78.2 Å². The van der Waals surface area contributed by atoms with E-state index in [2.05, 4.69) is 9.97 Å². The molecule has 1 atom stereocenters. The minimum atomic E-state index is -0.541. The standard InChI is InChI=1S/C22H24N2O2/c1-22(2,3)26-21(25)18(14-16-10-6-4-7-11-16)20-23-15-19(24-20)17-12-8-5-9-13-17/h4-13,15,18H,14H2,1-3H3,(H,23,24)/t18-/m0/s1. The first-order chi connectivity index (χ1) is 12.4. The SMILES string of the molecule is CC(C)(C)OC(=O)[C@@H](Cc1ccccc1)c1ncc(-c2ccccc2)[nH]1. The summed E-state index contributed by atoms with van der Waals surface area (Å²) >= 11 is 0. The Kier molecular flexibility index (Phi) is 5.21. The molecule has 3 aromatic rings. The Balaban J connectivity index is 1.90. The Morgan fingerprint density at radius 3 is 2.27 bits per heavy atom. The summed E-state index contributed by atoms with van der Waals surface area (Å²) in [5.41, 5.74) is 2.46. The first kappa shape index (κ1) is 17.9. The Bertz CT molecular complexity index is 849. The Labute approximate surface area is 154 Å². The summed E-state index contributed by atoms with van der Waals surface area (Å²) in [4.78, 5) is 20.6. The number of carbonyl (C=O) groups excluding carboxylic acids is 1. The van der Waals surface area contributed by atoms with Gasteiger partial charge in [-0.25, -0.2) is 4.98 Å². The Morgan fingerprint density at radius 1 is 1.04 bits per heavy atom. The summed E-state index contributed by atoms with van der Waals surface area (Å²) in [5, 5.41) is 0. The monoisotopic (exact) mass is 348 g/mol.